The third-order valence-corrected chi connectivity index (χ3v) is 5.11. The van der Waals surface area contributed by atoms with Crippen LogP contribution in [0.5, 0.6) is 5.75 Å². The van der Waals surface area contributed by atoms with Crippen molar-refractivity contribution in [2.24, 2.45) is 0 Å². The number of likely N-dealkylation sites (N-methyl/N-ethyl adjacent to an activating group) is 1. The van der Waals surface area contributed by atoms with Gasteiger partial charge in [0.1, 0.15) is 11.5 Å². The van der Waals surface area contributed by atoms with E-state index in [0.717, 1.165) is 44.0 Å². The molecule has 3 rings (SSSR count). The highest BCUT2D eigenvalue weighted by atomic mass is 16.5. The quantitative estimate of drug-likeness (QED) is 0.817. The Labute approximate surface area is 140 Å². The number of hydrogen-bond acceptors (Lipinski definition) is 3. The van der Waals surface area contributed by atoms with Crippen molar-refractivity contribution in [2.75, 3.05) is 31.6 Å². The highest BCUT2D eigenvalue weighted by molar-refractivity contribution is 5.57. The van der Waals surface area contributed by atoms with Crippen LogP contribution in [0.4, 0.5) is 5.69 Å². The number of ether oxygens (including phenoxy) is 1. The molecule has 0 radical (unpaired) electrons. The van der Waals surface area contributed by atoms with Gasteiger partial charge in [0.2, 0.25) is 0 Å². The number of hydrogen-bond donors (Lipinski definition) is 0. The van der Waals surface area contributed by atoms with Gasteiger partial charge in [-0.2, -0.15) is 0 Å². The molecule has 0 spiro atoms. The molecule has 0 N–H and O–H groups in total. The highest BCUT2D eigenvalue weighted by Crippen LogP contribution is 2.37. The lowest BCUT2D eigenvalue weighted by atomic mass is 9.92. The molecule has 1 aromatic rings. The number of nitrogens with zero attached hydrogens (tertiary/aromatic N) is 2. The number of allylic oxidation sites excluding steroid dienone is 1. The molecule has 0 fully saturated rings. The first-order valence-electron chi connectivity index (χ1n) is 8.83. The molecule has 2 aliphatic rings. The first kappa shape index (κ1) is 16.1. The molecule has 3 heteroatoms. The molecular formula is C20H28N2O. The second-order valence-electron chi connectivity index (χ2n) is 6.37. The van der Waals surface area contributed by atoms with Crippen LogP contribution >= 0.6 is 0 Å². The van der Waals surface area contributed by atoms with Gasteiger partial charge in [-0.05, 0) is 49.7 Å². The summed E-state index contributed by atoms with van der Waals surface area (Å²) in [5.74, 6) is 2.09. The lowest BCUT2D eigenvalue weighted by Crippen LogP contribution is -2.35. The Balaban J connectivity index is 1.87. The first-order chi connectivity index (χ1) is 11.2. The van der Waals surface area contributed by atoms with E-state index in [0.29, 0.717) is 6.04 Å². The van der Waals surface area contributed by atoms with Gasteiger partial charge in [-0.15, -0.1) is 0 Å². The maximum Gasteiger partial charge on any atom is 0.133 e. The van der Waals surface area contributed by atoms with Crippen molar-refractivity contribution < 1.29 is 4.74 Å². The number of benzene rings is 1. The predicted octanol–water partition coefficient (Wildman–Crippen LogP) is 4.00. The number of anilines is 1. The van der Waals surface area contributed by atoms with E-state index in [2.05, 4.69) is 68.0 Å². The minimum absolute atomic E-state index is 0.465. The Morgan fingerprint density at radius 3 is 2.61 bits per heavy atom. The van der Waals surface area contributed by atoms with Crippen LogP contribution in [0.3, 0.4) is 0 Å². The van der Waals surface area contributed by atoms with Crippen LogP contribution in [0.1, 0.15) is 32.8 Å². The van der Waals surface area contributed by atoms with Crippen molar-refractivity contribution in [1.82, 2.24) is 4.90 Å². The van der Waals surface area contributed by atoms with Crippen LogP contribution in [0.25, 0.3) is 0 Å². The summed E-state index contributed by atoms with van der Waals surface area (Å²) in [4.78, 5) is 4.73. The van der Waals surface area contributed by atoms with Crippen molar-refractivity contribution in [2.45, 2.75) is 39.7 Å². The fourth-order valence-electron chi connectivity index (χ4n) is 3.45. The van der Waals surface area contributed by atoms with E-state index in [9.17, 15) is 0 Å². The Morgan fingerprint density at radius 2 is 1.91 bits per heavy atom. The van der Waals surface area contributed by atoms with Crippen molar-refractivity contribution in [3.8, 4) is 5.75 Å². The van der Waals surface area contributed by atoms with Crippen molar-refractivity contribution in [3.05, 3.63) is 47.2 Å². The largest absolute Gasteiger partial charge is 0.457 e. The standard InChI is InChI=1S/C20H28N2O/c1-5-21(4)17-10-8-15-12-16-9-11-18(22(6-2)7-3)14-20(16)23-19(15)13-17/h8-10,13-14,18H,5-7,11-12H2,1-4H3. The van der Waals surface area contributed by atoms with Gasteiger partial charge in [0.05, 0.1) is 0 Å². The second-order valence-corrected chi connectivity index (χ2v) is 6.37. The summed E-state index contributed by atoms with van der Waals surface area (Å²) in [7, 11) is 2.12. The van der Waals surface area contributed by atoms with E-state index in [4.69, 9.17) is 4.74 Å². The average molecular weight is 312 g/mol. The lowest BCUT2D eigenvalue weighted by Gasteiger charge is -2.33. The maximum atomic E-state index is 6.28. The third kappa shape index (κ3) is 3.16. The Morgan fingerprint density at radius 1 is 1.13 bits per heavy atom. The molecule has 0 saturated heterocycles. The van der Waals surface area contributed by atoms with Crippen LogP contribution in [-0.4, -0.2) is 37.6 Å². The van der Waals surface area contributed by atoms with Crippen LogP contribution < -0.4 is 9.64 Å². The van der Waals surface area contributed by atoms with Crippen LogP contribution in [-0.2, 0) is 6.42 Å². The molecule has 0 amide bonds. The minimum Gasteiger partial charge on any atom is -0.457 e. The summed E-state index contributed by atoms with van der Waals surface area (Å²) in [5, 5.41) is 0. The number of rotatable bonds is 5. The highest BCUT2D eigenvalue weighted by Gasteiger charge is 2.26. The third-order valence-electron chi connectivity index (χ3n) is 5.11. The summed E-state index contributed by atoms with van der Waals surface area (Å²) in [6.45, 7) is 9.78. The molecule has 124 valence electrons. The summed E-state index contributed by atoms with van der Waals surface area (Å²) in [6.07, 6.45) is 6.77. The van der Waals surface area contributed by atoms with Gasteiger partial charge in [0.15, 0.2) is 0 Å². The van der Waals surface area contributed by atoms with Crippen LogP contribution in [0.15, 0.2) is 41.7 Å². The van der Waals surface area contributed by atoms with Gasteiger partial charge in [-0.3, -0.25) is 4.90 Å². The van der Waals surface area contributed by atoms with E-state index in [-0.39, 0.29) is 0 Å². The van der Waals surface area contributed by atoms with E-state index in [1.54, 1.807) is 0 Å². The predicted molar refractivity (Wildman–Crippen MR) is 97.2 cm³/mol. The Kier molecular flexibility index (Phi) is 4.76. The van der Waals surface area contributed by atoms with Crippen LogP contribution in [0, 0.1) is 0 Å². The van der Waals surface area contributed by atoms with Crippen molar-refractivity contribution >= 4 is 5.69 Å². The molecule has 0 bridgehead atoms. The Hall–Kier alpha value is -1.74. The molecule has 1 unspecified atom stereocenters. The van der Waals surface area contributed by atoms with Gasteiger partial charge >= 0.3 is 0 Å². The monoisotopic (exact) mass is 312 g/mol. The van der Waals surface area contributed by atoms with Crippen molar-refractivity contribution in [3.63, 3.8) is 0 Å². The summed E-state index contributed by atoms with van der Waals surface area (Å²) in [5.41, 5.74) is 3.86. The summed E-state index contributed by atoms with van der Waals surface area (Å²) in [6, 6.07) is 7.05. The first-order valence-corrected chi connectivity index (χ1v) is 8.83. The average Bonchev–Trinajstić information content (AvgIpc) is 2.59. The van der Waals surface area contributed by atoms with E-state index >= 15 is 0 Å². The molecule has 1 heterocycles. The Bertz CT molecular complexity index is 629. The van der Waals surface area contributed by atoms with Gasteiger partial charge in [-0.1, -0.05) is 26.0 Å². The molecule has 23 heavy (non-hydrogen) atoms. The molecular weight excluding hydrogens is 284 g/mol. The molecule has 1 aliphatic heterocycles. The molecule has 0 saturated carbocycles. The lowest BCUT2D eigenvalue weighted by molar-refractivity contribution is 0.246. The summed E-state index contributed by atoms with van der Waals surface area (Å²) < 4.78 is 6.28. The zero-order valence-corrected chi connectivity index (χ0v) is 14.8. The van der Waals surface area contributed by atoms with Gasteiger partial charge in [-0.25, -0.2) is 0 Å². The second kappa shape index (κ2) is 6.79. The smallest absolute Gasteiger partial charge is 0.133 e. The van der Waals surface area contributed by atoms with Gasteiger partial charge < -0.3 is 9.64 Å². The molecule has 1 atom stereocenters. The van der Waals surface area contributed by atoms with Crippen LogP contribution in [0.2, 0.25) is 0 Å². The minimum atomic E-state index is 0.465. The zero-order chi connectivity index (χ0) is 16.4. The topological polar surface area (TPSA) is 15.7 Å². The fourth-order valence-corrected chi connectivity index (χ4v) is 3.45. The van der Waals surface area contributed by atoms with E-state index in [1.807, 2.05) is 0 Å². The van der Waals surface area contributed by atoms with E-state index in [1.165, 1.54) is 16.8 Å². The van der Waals surface area contributed by atoms with Gasteiger partial charge in [0, 0.05) is 37.8 Å². The zero-order valence-electron chi connectivity index (χ0n) is 14.8. The molecule has 1 aliphatic carbocycles. The normalized spacial score (nSPS) is 19.4. The number of fused-ring (bicyclic) bond motifs is 2. The molecule has 0 aromatic heterocycles. The van der Waals surface area contributed by atoms with Gasteiger partial charge in [0.25, 0.3) is 0 Å². The van der Waals surface area contributed by atoms with E-state index < -0.39 is 0 Å². The fraction of sp³-hybridized carbons (Fsp3) is 0.500. The summed E-state index contributed by atoms with van der Waals surface area (Å²) >= 11 is 0. The molecule has 3 nitrogen and oxygen atoms in total. The van der Waals surface area contributed by atoms with Crippen molar-refractivity contribution in [1.29, 1.82) is 0 Å². The molecule has 1 aromatic carbocycles. The SMILES string of the molecule is CCN(C)c1ccc2c(c1)OC1=CC(N(CC)CC)CC=C1C2. The maximum absolute atomic E-state index is 6.28.